The molecule has 1 aliphatic rings. The summed E-state index contributed by atoms with van der Waals surface area (Å²) in [7, 11) is 1.65. The molecule has 2 rings (SSSR count). The monoisotopic (exact) mass is 265 g/mol. The minimum absolute atomic E-state index is 0.340. The van der Waals surface area contributed by atoms with E-state index in [9.17, 15) is 5.11 Å². The molecule has 106 valence electrons. The average Bonchev–Trinajstić information content (AvgIpc) is 3.21. The SMILES string of the molecule is COc1cc(CNC2CC2)ccc1OCCC(C)O. The third kappa shape index (κ3) is 4.73. The van der Waals surface area contributed by atoms with Crippen molar-refractivity contribution in [3.63, 3.8) is 0 Å². The Morgan fingerprint density at radius 1 is 1.37 bits per heavy atom. The van der Waals surface area contributed by atoms with Gasteiger partial charge in [-0.2, -0.15) is 0 Å². The van der Waals surface area contributed by atoms with Gasteiger partial charge in [0.1, 0.15) is 0 Å². The average molecular weight is 265 g/mol. The number of aliphatic hydroxyl groups is 1. The van der Waals surface area contributed by atoms with Gasteiger partial charge in [0.2, 0.25) is 0 Å². The lowest BCUT2D eigenvalue weighted by Gasteiger charge is -2.13. The van der Waals surface area contributed by atoms with E-state index in [0.29, 0.717) is 19.1 Å². The normalized spacial score (nSPS) is 16.2. The molecule has 1 fully saturated rings. The number of ether oxygens (including phenoxy) is 2. The van der Waals surface area contributed by atoms with Gasteiger partial charge in [-0.15, -0.1) is 0 Å². The molecule has 0 aromatic heterocycles. The van der Waals surface area contributed by atoms with Gasteiger partial charge in [0.15, 0.2) is 11.5 Å². The third-order valence-corrected chi connectivity index (χ3v) is 3.19. The maximum Gasteiger partial charge on any atom is 0.161 e. The Kier molecular flexibility index (Phi) is 5.05. The van der Waals surface area contributed by atoms with Gasteiger partial charge in [0.05, 0.1) is 19.8 Å². The van der Waals surface area contributed by atoms with Crippen molar-refractivity contribution in [2.45, 2.75) is 44.9 Å². The fourth-order valence-corrected chi connectivity index (χ4v) is 1.83. The van der Waals surface area contributed by atoms with Crippen LogP contribution in [0.5, 0.6) is 11.5 Å². The maximum absolute atomic E-state index is 9.21. The lowest BCUT2D eigenvalue weighted by atomic mass is 10.2. The first-order chi connectivity index (χ1) is 9.19. The molecule has 1 atom stereocenters. The Morgan fingerprint density at radius 3 is 2.79 bits per heavy atom. The van der Waals surface area contributed by atoms with Gasteiger partial charge in [0, 0.05) is 19.0 Å². The van der Waals surface area contributed by atoms with Crippen molar-refractivity contribution in [2.24, 2.45) is 0 Å². The zero-order valence-electron chi connectivity index (χ0n) is 11.7. The largest absolute Gasteiger partial charge is 0.493 e. The summed E-state index contributed by atoms with van der Waals surface area (Å²) in [5.74, 6) is 1.49. The molecule has 4 nitrogen and oxygen atoms in total. The van der Waals surface area contributed by atoms with Crippen LogP contribution in [-0.2, 0) is 6.54 Å². The summed E-state index contributed by atoms with van der Waals surface area (Å²) in [4.78, 5) is 0. The van der Waals surface area contributed by atoms with Crippen molar-refractivity contribution >= 4 is 0 Å². The quantitative estimate of drug-likeness (QED) is 0.756. The number of hydrogen-bond acceptors (Lipinski definition) is 4. The van der Waals surface area contributed by atoms with Crippen LogP contribution in [0, 0.1) is 0 Å². The van der Waals surface area contributed by atoms with Crippen LogP contribution in [-0.4, -0.2) is 31.0 Å². The molecule has 0 radical (unpaired) electrons. The van der Waals surface area contributed by atoms with Crippen molar-refractivity contribution < 1.29 is 14.6 Å². The first-order valence-corrected chi connectivity index (χ1v) is 6.90. The molecule has 1 aromatic carbocycles. The molecule has 0 saturated heterocycles. The molecule has 0 bridgehead atoms. The first kappa shape index (κ1) is 14.2. The predicted octanol–water partition coefficient (Wildman–Crippen LogP) is 2.10. The Labute approximate surface area is 114 Å². The fraction of sp³-hybridized carbons (Fsp3) is 0.600. The highest BCUT2D eigenvalue weighted by Gasteiger charge is 2.20. The fourth-order valence-electron chi connectivity index (χ4n) is 1.83. The van der Waals surface area contributed by atoms with Gasteiger partial charge in [-0.25, -0.2) is 0 Å². The highest BCUT2D eigenvalue weighted by molar-refractivity contribution is 5.43. The van der Waals surface area contributed by atoms with Crippen LogP contribution < -0.4 is 14.8 Å². The summed E-state index contributed by atoms with van der Waals surface area (Å²) in [5.41, 5.74) is 1.20. The minimum Gasteiger partial charge on any atom is -0.493 e. The summed E-state index contributed by atoms with van der Waals surface area (Å²) in [6.07, 6.45) is 2.86. The van der Waals surface area contributed by atoms with E-state index < -0.39 is 0 Å². The van der Waals surface area contributed by atoms with Crippen LogP contribution in [0.4, 0.5) is 0 Å². The Bertz CT molecular complexity index is 402. The van der Waals surface area contributed by atoms with Gasteiger partial charge in [-0.3, -0.25) is 0 Å². The molecule has 0 spiro atoms. The second kappa shape index (κ2) is 6.78. The summed E-state index contributed by atoms with van der Waals surface area (Å²) in [5, 5.41) is 12.7. The number of hydrogen-bond donors (Lipinski definition) is 2. The molecular formula is C15H23NO3. The van der Waals surface area contributed by atoms with Crippen molar-refractivity contribution in [1.29, 1.82) is 0 Å². The minimum atomic E-state index is -0.340. The number of nitrogens with one attached hydrogen (secondary N) is 1. The number of methoxy groups -OCH3 is 1. The van der Waals surface area contributed by atoms with Crippen LogP contribution >= 0.6 is 0 Å². The molecule has 2 N–H and O–H groups in total. The maximum atomic E-state index is 9.21. The van der Waals surface area contributed by atoms with E-state index in [0.717, 1.165) is 18.0 Å². The van der Waals surface area contributed by atoms with E-state index in [4.69, 9.17) is 9.47 Å². The lowest BCUT2D eigenvalue weighted by Crippen LogP contribution is -2.15. The Balaban J connectivity index is 1.90. The van der Waals surface area contributed by atoms with E-state index in [1.165, 1.54) is 18.4 Å². The van der Waals surface area contributed by atoms with Gasteiger partial charge in [-0.05, 0) is 37.5 Å². The molecular weight excluding hydrogens is 242 g/mol. The molecule has 1 aliphatic carbocycles. The van der Waals surface area contributed by atoms with E-state index in [1.54, 1.807) is 14.0 Å². The van der Waals surface area contributed by atoms with Crippen LogP contribution in [0.15, 0.2) is 18.2 Å². The highest BCUT2D eigenvalue weighted by Crippen LogP contribution is 2.28. The number of aliphatic hydroxyl groups excluding tert-OH is 1. The van der Waals surface area contributed by atoms with Crippen molar-refractivity contribution in [1.82, 2.24) is 5.32 Å². The summed E-state index contributed by atoms with van der Waals surface area (Å²) in [6, 6.07) is 6.70. The van der Waals surface area contributed by atoms with Crippen molar-refractivity contribution in [3.8, 4) is 11.5 Å². The summed E-state index contributed by atoms with van der Waals surface area (Å²) >= 11 is 0. The van der Waals surface area contributed by atoms with Crippen LogP contribution in [0.25, 0.3) is 0 Å². The molecule has 0 heterocycles. The van der Waals surface area contributed by atoms with E-state index >= 15 is 0 Å². The third-order valence-electron chi connectivity index (χ3n) is 3.19. The summed E-state index contributed by atoms with van der Waals surface area (Å²) < 4.78 is 11.0. The lowest BCUT2D eigenvalue weighted by molar-refractivity contribution is 0.154. The van der Waals surface area contributed by atoms with Crippen LogP contribution in [0.2, 0.25) is 0 Å². The van der Waals surface area contributed by atoms with E-state index in [1.807, 2.05) is 12.1 Å². The zero-order valence-corrected chi connectivity index (χ0v) is 11.7. The van der Waals surface area contributed by atoms with E-state index in [2.05, 4.69) is 11.4 Å². The molecule has 1 saturated carbocycles. The highest BCUT2D eigenvalue weighted by atomic mass is 16.5. The van der Waals surface area contributed by atoms with E-state index in [-0.39, 0.29) is 6.10 Å². The molecule has 0 aliphatic heterocycles. The Hall–Kier alpha value is -1.26. The van der Waals surface area contributed by atoms with Gasteiger partial charge in [0.25, 0.3) is 0 Å². The van der Waals surface area contributed by atoms with Crippen LogP contribution in [0.3, 0.4) is 0 Å². The standard InChI is InChI=1S/C15H23NO3/c1-11(17)7-8-19-14-6-3-12(9-15(14)18-2)10-16-13-4-5-13/h3,6,9,11,13,16-17H,4-5,7-8,10H2,1-2H3. The zero-order chi connectivity index (χ0) is 13.7. The second-order valence-corrected chi connectivity index (χ2v) is 5.13. The molecule has 1 aromatic rings. The smallest absolute Gasteiger partial charge is 0.161 e. The molecule has 1 unspecified atom stereocenters. The van der Waals surface area contributed by atoms with Gasteiger partial charge < -0.3 is 19.9 Å². The van der Waals surface area contributed by atoms with Crippen LogP contribution in [0.1, 0.15) is 31.7 Å². The first-order valence-electron chi connectivity index (χ1n) is 6.90. The molecule has 4 heteroatoms. The Morgan fingerprint density at radius 2 is 2.16 bits per heavy atom. The molecule has 19 heavy (non-hydrogen) atoms. The molecule has 0 amide bonds. The van der Waals surface area contributed by atoms with Gasteiger partial charge >= 0.3 is 0 Å². The number of benzene rings is 1. The van der Waals surface area contributed by atoms with Crippen molar-refractivity contribution in [2.75, 3.05) is 13.7 Å². The van der Waals surface area contributed by atoms with Crippen molar-refractivity contribution in [3.05, 3.63) is 23.8 Å². The summed E-state index contributed by atoms with van der Waals surface area (Å²) in [6.45, 7) is 3.12. The second-order valence-electron chi connectivity index (χ2n) is 5.13. The van der Waals surface area contributed by atoms with Gasteiger partial charge in [-0.1, -0.05) is 6.07 Å². The topological polar surface area (TPSA) is 50.7 Å². The number of rotatable bonds is 8. The predicted molar refractivity (Wildman–Crippen MR) is 74.6 cm³/mol.